The van der Waals surface area contributed by atoms with Crippen molar-refractivity contribution in [2.24, 2.45) is 0 Å². The number of anilines is 2. The molecule has 2 aromatic rings. The Kier molecular flexibility index (Phi) is 6.99. The molecule has 1 aromatic heterocycles. The van der Waals surface area contributed by atoms with Gasteiger partial charge in [-0.2, -0.15) is 0 Å². The first-order valence-corrected chi connectivity index (χ1v) is 9.20. The van der Waals surface area contributed by atoms with Gasteiger partial charge >= 0.3 is 0 Å². The molecule has 1 heterocycles. The molecule has 0 saturated heterocycles. The van der Waals surface area contributed by atoms with Crippen molar-refractivity contribution < 1.29 is 4.79 Å². The largest absolute Gasteiger partial charge is 0.339 e. The topological polar surface area (TPSA) is 36.4 Å². The SMILES string of the molecule is CCCN(CCC)C(=O)c1ccc(N(CC)c2cccc(C)c2)nc1. The van der Waals surface area contributed by atoms with Gasteiger partial charge in [0.1, 0.15) is 5.82 Å². The number of rotatable bonds is 8. The van der Waals surface area contributed by atoms with E-state index in [9.17, 15) is 4.79 Å². The highest BCUT2D eigenvalue weighted by atomic mass is 16.2. The lowest BCUT2D eigenvalue weighted by Crippen LogP contribution is -2.32. The minimum absolute atomic E-state index is 0.0707. The predicted octanol–water partition coefficient (Wildman–Crippen LogP) is 4.81. The number of pyridine rings is 1. The van der Waals surface area contributed by atoms with E-state index in [1.165, 1.54) is 5.56 Å². The van der Waals surface area contributed by atoms with Crippen LogP contribution in [-0.2, 0) is 0 Å². The molecule has 0 saturated carbocycles. The molecule has 1 amide bonds. The van der Waals surface area contributed by atoms with Gasteiger partial charge in [0.2, 0.25) is 0 Å². The number of hydrogen-bond acceptors (Lipinski definition) is 3. The number of carbonyl (C=O) groups excluding carboxylic acids is 1. The number of benzene rings is 1. The first kappa shape index (κ1) is 19.0. The lowest BCUT2D eigenvalue weighted by molar-refractivity contribution is 0.0755. The molecule has 0 bridgehead atoms. The molecule has 4 nitrogen and oxygen atoms in total. The van der Waals surface area contributed by atoms with E-state index in [1.807, 2.05) is 17.0 Å². The second-order valence-electron chi connectivity index (χ2n) is 6.28. The van der Waals surface area contributed by atoms with Gasteiger partial charge in [-0.05, 0) is 56.5 Å². The minimum Gasteiger partial charge on any atom is -0.339 e. The van der Waals surface area contributed by atoms with E-state index in [0.29, 0.717) is 5.56 Å². The van der Waals surface area contributed by atoms with Crippen LogP contribution < -0.4 is 4.90 Å². The van der Waals surface area contributed by atoms with Crippen LogP contribution in [0.25, 0.3) is 0 Å². The van der Waals surface area contributed by atoms with Crippen molar-refractivity contribution in [3.8, 4) is 0 Å². The molecule has 134 valence electrons. The molecule has 0 aliphatic carbocycles. The normalized spacial score (nSPS) is 10.6. The molecule has 0 atom stereocenters. The molecule has 0 radical (unpaired) electrons. The van der Waals surface area contributed by atoms with Crippen LogP contribution in [0.4, 0.5) is 11.5 Å². The third-order valence-corrected chi connectivity index (χ3v) is 4.18. The van der Waals surface area contributed by atoms with Crippen molar-refractivity contribution in [3.63, 3.8) is 0 Å². The van der Waals surface area contributed by atoms with Gasteiger partial charge < -0.3 is 9.80 Å². The van der Waals surface area contributed by atoms with E-state index in [-0.39, 0.29) is 5.91 Å². The fourth-order valence-corrected chi connectivity index (χ4v) is 2.98. The summed E-state index contributed by atoms with van der Waals surface area (Å²) in [5.41, 5.74) is 3.00. The number of amides is 1. The lowest BCUT2D eigenvalue weighted by Gasteiger charge is -2.24. The quantitative estimate of drug-likeness (QED) is 0.692. The summed E-state index contributed by atoms with van der Waals surface area (Å²) in [6.45, 7) is 10.8. The maximum Gasteiger partial charge on any atom is 0.255 e. The Morgan fingerprint density at radius 1 is 1.04 bits per heavy atom. The zero-order valence-electron chi connectivity index (χ0n) is 15.8. The summed E-state index contributed by atoms with van der Waals surface area (Å²) in [5, 5.41) is 0. The summed E-state index contributed by atoms with van der Waals surface area (Å²) >= 11 is 0. The monoisotopic (exact) mass is 339 g/mol. The summed E-state index contributed by atoms with van der Waals surface area (Å²) in [6.07, 6.45) is 3.64. The zero-order chi connectivity index (χ0) is 18.2. The van der Waals surface area contributed by atoms with Crippen LogP contribution in [-0.4, -0.2) is 35.4 Å². The van der Waals surface area contributed by atoms with Gasteiger partial charge in [-0.25, -0.2) is 4.98 Å². The lowest BCUT2D eigenvalue weighted by atomic mass is 10.2. The molecule has 4 heteroatoms. The molecular weight excluding hydrogens is 310 g/mol. The van der Waals surface area contributed by atoms with E-state index < -0.39 is 0 Å². The summed E-state index contributed by atoms with van der Waals surface area (Å²) in [6, 6.07) is 12.2. The highest BCUT2D eigenvalue weighted by molar-refractivity contribution is 5.94. The van der Waals surface area contributed by atoms with Gasteiger partial charge in [-0.15, -0.1) is 0 Å². The van der Waals surface area contributed by atoms with Gasteiger partial charge in [-0.1, -0.05) is 26.0 Å². The molecule has 0 fully saturated rings. The molecule has 0 unspecified atom stereocenters. The number of carbonyl (C=O) groups is 1. The summed E-state index contributed by atoms with van der Waals surface area (Å²) < 4.78 is 0. The van der Waals surface area contributed by atoms with Crippen LogP contribution in [0.5, 0.6) is 0 Å². The third kappa shape index (κ3) is 4.81. The van der Waals surface area contributed by atoms with E-state index in [1.54, 1.807) is 6.20 Å². The molecular formula is C21H29N3O. The van der Waals surface area contributed by atoms with E-state index >= 15 is 0 Å². The summed E-state index contributed by atoms with van der Waals surface area (Å²) in [5.74, 6) is 0.934. The molecule has 1 aromatic carbocycles. The first-order chi connectivity index (χ1) is 12.1. The van der Waals surface area contributed by atoms with Crippen molar-refractivity contribution in [1.29, 1.82) is 0 Å². The van der Waals surface area contributed by atoms with Gasteiger partial charge in [0.05, 0.1) is 5.56 Å². The van der Waals surface area contributed by atoms with Crippen molar-refractivity contribution in [2.75, 3.05) is 24.5 Å². The van der Waals surface area contributed by atoms with E-state index in [4.69, 9.17) is 0 Å². The van der Waals surface area contributed by atoms with Gasteiger partial charge in [0, 0.05) is 31.5 Å². The van der Waals surface area contributed by atoms with Crippen LogP contribution in [0.2, 0.25) is 0 Å². The summed E-state index contributed by atoms with van der Waals surface area (Å²) in [7, 11) is 0. The predicted molar refractivity (Wildman–Crippen MR) is 105 cm³/mol. The van der Waals surface area contributed by atoms with Crippen LogP contribution >= 0.6 is 0 Å². The van der Waals surface area contributed by atoms with E-state index in [2.05, 4.69) is 61.8 Å². The Labute approximate surface area is 151 Å². The Balaban J connectivity index is 2.21. The Hall–Kier alpha value is -2.36. The van der Waals surface area contributed by atoms with Gasteiger partial charge in [0.25, 0.3) is 5.91 Å². The van der Waals surface area contributed by atoms with Crippen molar-refractivity contribution in [2.45, 2.75) is 40.5 Å². The smallest absolute Gasteiger partial charge is 0.255 e. The maximum atomic E-state index is 12.7. The fraction of sp³-hybridized carbons (Fsp3) is 0.429. The standard InChI is InChI=1S/C21H29N3O/c1-5-13-23(14-6-2)21(25)18-11-12-20(22-16-18)24(7-3)19-10-8-9-17(4)15-19/h8-12,15-16H,5-7,13-14H2,1-4H3. The third-order valence-electron chi connectivity index (χ3n) is 4.18. The zero-order valence-corrected chi connectivity index (χ0v) is 15.8. The molecule has 25 heavy (non-hydrogen) atoms. The molecule has 0 aliphatic heterocycles. The average molecular weight is 339 g/mol. The number of aryl methyl sites for hydroxylation is 1. The Bertz CT molecular complexity index is 676. The molecule has 0 spiro atoms. The highest BCUT2D eigenvalue weighted by Crippen LogP contribution is 2.24. The van der Waals surface area contributed by atoms with Gasteiger partial charge in [-0.3, -0.25) is 4.79 Å². The molecule has 0 aliphatic rings. The van der Waals surface area contributed by atoms with Crippen molar-refractivity contribution >= 4 is 17.4 Å². The summed E-state index contributed by atoms with van der Waals surface area (Å²) in [4.78, 5) is 21.3. The van der Waals surface area contributed by atoms with Crippen molar-refractivity contribution in [3.05, 3.63) is 53.7 Å². The minimum atomic E-state index is 0.0707. The molecule has 2 rings (SSSR count). The second kappa shape index (κ2) is 9.21. The van der Waals surface area contributed by atoms with Crippen LogP contribution in [0.3, 0.4) is 0 Å². The van der Waals surface area contributed by atoms with E-state index in [0.717, 1.165) is 44.0 Å². The fourth-order valence-electron chi connectivity index (χ4n) is 2.98. The number of hydrogen-bond donors (Lipinski definition) is 0. The Morgan fingerprint density at radius 3 is 2.28 bits per heavy atom. The number of aromatic nitrogens is 1. The molecule has 0 N–H and O–H groups in total. The van der Waals surface area contributed by atoms with Crippen molar-refractivity contribution in [1.82, 2.24) is 9.88 Å². The average Bonchev–Trinajstić information content (AvgIpc) is 2.62. The van der Waals surface area contributed by atoms with Crippen LogP contribution in [0, 0.1) is 6.92 Å². The maximum absolute atomic E-state index is 12.7. The van der Waals surface area contributed by atoms with Crippen LogP contribution in [0.15, 0.2) is 42.6 Å². The number of nitrogens with zero attached hydrogens (tertiary/aromatic N) is 3. The van der Waals surface area contributed by atoms with Crippen LogP contribution in [0.1, 0.15) is 49.5 Å². The Morgan fingerprint density at radius 2 is 1.76 bits per heavy atom. The first-order valence-electron chi connectivity index (χ1n) is 9.20. The highest BCUT2D eigenvalue weighted by Gasteiger charge is 2.16. The van der Waals surface area contributed by atoms with Gasteiger partial charge in [0.15, 0.2) is 0 Å². The second-order valence-corrected chi connectivity index (χ2v) is 6.28.